The Morgan fingerprint density at radius 3 is 2.78 bits per heavy atom. The molecule has 8 heteroatoms. The van der Waals surface area contributed by atoms with Crippen LogP contribution in [0.15, 0.2) is 24.3 Å². The van der Waals surface area contributed by atoms with Gasteiger partial charge in [-0.05, 0) is 31.4 Å². The third-order valence-electron chi connectivity index (χ3n) is 3.58. The molecule has 7 nitrogen and oxygen atoms in total. The molecule has 3 N–H and O–H groups in total. The van der Waals surface area contributed by atoms with Crippen LogP contribution >= 0.6 is 0 Å². The van der Waals surface area contributed by atoms with Crippen molar-refractivity contribution in [2.24, 2.45) is 0 Å². The van der Waals surface area contributed by atoms with Gasteiger partial charge in [0.1, 0.15) is 0 Å². The number of hydrogen-bond donors (Lipinski definition) is 3. The number of benzene rings is 1. The minimum absolute atomic E-state index is 0.0789. The molecular formula is C15H23N3O4S. The Balaban J connectivity index is 1.94. The number of amides is 2. The van der Waals surface area contributed by atoms with E-state index in [2.05, 4.69) is 15.4 Å². The summed E-state index contributed by atoms with van der Waals surface area (Å²) in [5, 5.41) is 5.59. The van der Waals surface area contributed by atoms with E-state index in [1.165, 1.54) is 0 Å². The fraction of sp³-hybridized carbons (Fsp3) is 0.533. The Morgan fingerprint density at radius 1 is 1.39 bits per heavy atom. The summed E-state index contributed by atoms with van der Waals surface area (Å²) in [5.41, 5.74) is 1.16. The van der Waals surface area contributed by atoms with Crippen LogP contribution in [0.25, 0.3) is 0 Å². The lowest BCUT2D eigenvalue weighted by molar-refractivity contribution is 0.111. The highest BCUT2D eigenvalue weighted by atomic mass is 32.2. The molecule has 1 saturated heterocycles. The zero-order valence-corrected chi connectivity index (χ0v) is 14.2. The van der Waals surface area contributed by atoms with Crippen molar-refractivity contribution in [3.63, 3.8) is 0 Å². The average Bonchev–Trinajstić information content (AvgIpc) is 2.97. The van der Waals surface area contributed by atoms with Crippen molar-refractivity contribution in [2.75, 3.05) is 24.1 Å². The molecule has 1 aromatic carbocycles. The van der Waals surface area contributed by atoms with Crippen LogP contribution < -0.4 is 15.4 Å². The molecule has 1 aliphatic heterocycles. The summed E-state index contributed by atoms with van der Waals surface area (Å²) >= 11 is 0. The third kappa shape index (κ3) is 5.72. The van der Waals surface area contributed by atoms with Gasteiger partial charge < -0.3 is 15.4 Å². The Bertz CT molecular complexity index is 642. The third-order valence-corrected chi connectivity index (χ3v) is 4.18. The minimum Gasteiger partial charge on any atom is -0.376 e. The van der Waals surface area contributed by atoms with E-state index in [9.17, 15) is 13.2 Å². The van der Waals surface area contributed by atoms with Crippen LogP contribution in [0.3, 0.4) is 0 Å². The van der Waals surface area contributed by atoms with Gasteiger partial charge >= 0.3 is 6.03 Å². The van der Waals surface area contributed by atoms with E-state index in [-0.39, 0.29) is 18.2 Å². The molecule has 2 rings (SSSR count). The van der Waals surface area contributed by atoms with Crippen molar-refractivity contribution in [1.82, 2.24) is 10.6 Å². The molecule has 0 spiro atoms. The van der Waals surface area contributed by atoms with E-state index in [1.54, 1.807) is 31.2 Å². The molecule has 1 heterocycles. The standard InChI is InChI=1S/C15H23N3O4S/c1-11(17-15(19)16-10-12-6-5-9-22-12)13-7-3-4-8-14(13)18-23(2,20)21/h3-4,7-8,11-12,18H,5-6,9-10H2,1-2H3,(H2,16,17,19)/t11-,12+/m0/s1. The van der Waals surface area contributed by atoms with Gasteiger partial charge in [-0.25, -0.2) is 13.2 Å². The predicted octanol–water partition coefficient (Wildman–Crippen LogP) is 1.60. The topological polar surface area (TPSA) is 96.5 Å². The van der Waals surface area contributed by atoms with E-state index in [4.69, 9.17) is 4.74 Å². The van der Waals surface area contributed by atoms with Crippen LogP contribution in [-0.2, 0) is 14.8 Å². The monoisotopic (exact) mass is 341 g/mol. The predicted molar refractivity (Wildman–Crippen MR) is 88.8 cm³/mol. The molecule has 2 amide bonds. The van der Waals surface area contributed by atoms with E-state index in [0.717, 1.165) is 25.7 Å². The summed E-state index contributed by atoms with van der Waals surface area (Å²) in [4.78, 5) is 12.0. The summed E-state index contributed by atoms with van der Waals surface area (Å²) < 4.78 is 30.8. The Kier molecular flexibility index (Phi) is 5.84. The maximum absolute atomic E-state index is 12.0. The molecule has 0 aromatic heterocycles. The highest BCUT2D eigenvalue weighted by Crippen LogP contribution is 2.23. The summed E-state index contributed by atoms with van der Waals surface area (Å²) in [6.45, 7) is 3.02. The molecule has 1 fully saturated rings. The number of carbonyl (C=O) groups excluding carboxylic acids is 1. The highest BCUT2D eigenvalue weighted by molar-refractivity contribution is 7.92. The number of ether oxygens (including phenoxy) is 1. The van der Waals surface area contributed by atoms with Crippen molar-refractivity contribution >= 4 is 21.7 Å². The Morgan fingerprint density at radius 2 is 2.13 bits per heavy atom. The molecule has 0 bridgehead atoms. The van der Waals surface area contributed by atoms with E-state index >= 15 is 0 Å². The lowest BCUT2D eigenvalue weighted by Gasteiger charge is -2.19. The summed E-state index contributed by atoms with van der Waals surface area (Å²) in [7, 11) is -3.38. The number of anilines is 1. The number of urea groups is 1. The number of rotatable bonds is 6. The lowest BCUT2D eigenvalue weighted by atomic mass is 10.1. The second kappa shape index (κ2) is 7.65. The second-order valence-corrected chi connectivity index (χ2v) is 7.42. The fourth-order valence-corrected chi connectivity index (χ4v) is 3.09. The van der Waals surface area contributed by atoms with Crippen molar-refractivity contribution in [1.29, 1.82) is 0 Å². The highest BCUT2D eigenvalue weighted by Gasteiger charge is 2.18. The molecule has 0 aliphatic carbocycles. The zero-order chi connectivity index (χ0) is 16.9. The molecule has 23 heavy (non-hydrogen) atoms. The first kappa shape index (κ1) is 17.6. The number of carbonyl (C=O) groups is 1. The smallest absolute Gasteiger partial charge is 0.315 e. The average molecular weight is 341 g/mol. The number of para-hydroxylation sites is 1. The molecule has 0 unspecified atom stereocenters. The van der Waals surface area contributed by atoms with Crippen molar-refractivity contribution in [2.45, 2.75) is 31.9 Å². The largest absolute Gasteiger partial charge is 0.376 e. The van der Waals surface area contributed by atoms with Crippen molar-refractivity contribution < 1.29 is 17.9 Å². The Hall–Kier alpha value is -1.80. The van der Waals surface area contributed by atoms with Gasteiger partial charge in [-0.2, -0.15) is 0 Å². The quantitative estimate of drug-likeness (QED) is 0.732. The molecular weight excluding hydrogens is 318 g/mol. The van der Waals surface area contributed by atoms with Gasteiger partial charge in [0, 0.05) is 13.2 Å². The maximum Gasteiger partial charge on any atom is 0.315 e. The van der Waals surface area contributed by atoms with E-state index in [0.29, 0.717) is 17.8 Å². The summed E-state index contributed by atoms with van der Waals surface area (Å²) in [6.07, 6.45) is 3.15. The van der Waals surface area contributed by atoms with Crippen LogP contribution in [0.1, 0.15) is 31.4 Å². The van der Waals surface area contributed by atoms with E-state index in [1.807, 2.05) is 0 Å². The van der Waals surface area contributed by atoms with Gasteiger partial charge in [0.25, 0.3) is 0 Å². The number of sulfonamides is 1. The lowest BCUT2D eigenvalue weighted by Crippen LogP contribution is -2.40. The molecule has 128 valence electrons. The number of hydrogen-bond acceptors (Lipinski definition) is 4. The van der Waals surface area contributed by atoms with Gasteiger partial charge in [-0.3, -0.25) is 4.72 Å². The van der Waals surface area contributed by atoms with Gasteiger partial charge in [0.15, 0.2) is 0 Å². The maximum atomic E-state index is 12.0. The molecule has 1 aliphatic rings. The van der Waals surface area contributed by atoms with Crippen LogP contribution in [0.5, 0.6) is 0 Å². The first-order chi connectivity index (χ1) is 10.8. The normalized spacial score (nSPS) is 19.1. The van der Waals surface area contributed by atoms with Gasteiger partial charge in [-0.15, -0.1) is 0 Å². The molecule has 0 radical (unpaired) electrons. The van der Waals surface area contributed by atoms with Crippen molar-refractivity contribution in [3.8, 4) is 0 Å². The SMILES string of the molecule is C[C@H](NC(=O)NC[C@H]1CCCO1)c1ccccc1NS(C)(=O)=O. The van der Waals surface area contributed by atoms with Crippen LogP contribution in [0.2, 0.25) is 0 Å². The van der Waals surface area contributed by atoms with Gasteiger partial charge in [0.05, 0.1) is 24.1 Å². The molecule has 2 atom stereocenters. The first-order valence-corrected chi connectivity index (χ1v) is 9.47. The van der Waals surface area contributed by atoms with Gasteiger partial charge in [-0.1, -0.05) is 18.2 Å². The van der Waals surface area contributed by atoms with Gasteiger partial charge in [0.2, 0.25) is 10.0 Å². The van der Waals surface area contributed by atoms with Crippen molar-refractivity contribution in [3.05, 3.63) is 29.8 Å². The van der Waals surface area contributed by atoms with Crippen LogP contribution in [0, 0.1) is 0 Å². The number of nitrogens with one attached hydrogen (secondary N) is 3. The van der Waals surface area contributed by atoms with Crippen LogP contribution in [-0.4, -0.2) is 40.0 Å². The fourth-order valence-electron chi connectivity index (χ4n) is 2.50. The van der Waals surface area contributed by atoms with E-state index < -0.39 is 10.0 Å². The second-order valence-electron chi connectivity index (χ2n) is 5.67. The molecule has 1 aromatic rings. The summed E-state index contributed by atoms with van der Waals surface area (Å²) in [6, 6.07) is 6.33. The first-order valence-electron chi connectivity index (χ1n) is 7.58. The van der Waals surface area contributed by atoms with Crippen LogP contribution in [0.4, 0.5) is 10.5 Å². The zero-order valence-electron chi connectivity index (χ0n) is 13.3. The summed E-state index contributed by atoms with van der Waals surface area (Å²) in [5.74, 6) is 0. The Labute approximate surface area is 136 Å². The molecule has 0 saturated carbocycles. The minimum atomic E-state index is -3.38.